The molecule has 1 aromatic heterocycles. The maximum atomic E-state index is 13.6. The monoisotopic (exact) mass is 457 g/mol. The molecular formula is C27H23NO6. The van der Waals surface area contributed by atoms with Crippen molar-refractivity contribution in [2.75, 3.05) is 13.7 Å². The van der Waals surface area contributed by atoms with Gasteiger partial charge >= 0.3 is 5.97 Å². The topological polar surface area (TPSA) is 98.0 Å². The first kappa shape index (κ1) is 22.7. The molecule has 0 atom stereocenters. The lowest BCUT2D eigenvalue weighted by atomic mass is 9.98. The Kier molecular flexibility index (Phi) is 6.36. The summed E-state index contributed by atoms with van der Waals surface area (Å²) in [5.41, 5.74) is 1.86. The van der Waals surface area contributed by atoms with Crippen LogP contribution in [0.1, 0.15) is 33.2 Å². The van der Waals surface area contributed by atoms with Crippen molar-refractivity contribution in [1.29, 1.82) is 0 Å². The quantitative estimate of drug-likeness (QED) is 0.300. The summed E-state index contributed by atoms with van der Waals surface area (Å²) in [4.78, 5) is 25.7. The van der Waals surface area contributed by atoms with Crippen LogP contribution in [-0.2, 0) is 4.74 Å². The molecule has 7 nitrogen and oxygen atoms in total. The number of ketones is 1. The summed E-state index contributed by atoms with van der Waals surface area (Å²) in [6.07, 6.45) is 0. The number of carbonyl (C=O) groups is 2. The first-order valence-electron chi connectivity index (χ1n) is 10.6. The average molecular weight is 457 g/mol. The van der Waals surface area contributed by atoms with Crippen molar-refractivity contribution in [1.82, 2.24) is 4.57 Å². The van der Waals surface area contributed by atoms with E-state index in [0.717, 1.165) is 0 Å². The van der Waals surface area contributed by atoms with E-state index in [0.29, 0.717) is 28.3 Å². The fourth-order valence-electron chi connectivity index (χ4n) is 3.81. The van der Waals surface area contributed by atoms with Crippen LogP contribution in [0.4, 0.5) is 0 Å². The molecular weight excluding hydrogens is 434 g/mol. The van der Waals surface area contributed by atoms with Crippen LogP contribution in [0.15, 0.2) is 78.9 Å². The molecule has 0 saturated carbocycles. The normalized spacial score (nSPS) is 10.6. The number of ether oxygens (including phenoxy) is 2. The van der Waals surface area contributed by atoms with Gasteiger partial charge in [0, 0.05) is 5.69 Å². The molecule has 0 amide bonds. The zero-order valence-corrected chi connectivity index (χ0v) is 18.7. The van der Waals surface area contributed by atoms with E-state index in [9.17, 15) is 19.8 Å². The number of carbonyl (C=O) groups excluding carboxylic acids is 2. The molecule has 2 N–H and O–H groups in total. The number of nitrogens with zero attached hydrogens (tertiary/aromatic N) is 1. The number of esters is 1. The molecule has 0 saturated heterocycles. The first-order valence-corrected chi connectivity index (χ1v) is 10.6. The van der Waals surface area contributed by atoms with Crippen LogP contribution in [0, 0.1) is 0 Å². The van der Waals surface area contributed by atoms with Crippen LogP contribution in [0.5, 0.6) is 17.4 Å². The highest BCUT2D eigenvalue weighted by atomic mass is 16.5. The second-order valence-corrected chi connectivity index (χ2v) is 7.39. The Morgan fingerprint density at radius 2 is 1.53 bits per heavy atom. The maximum Gasteiger partial charge on any atom is 0.338 e. The highest BCUT2D eigenvalue weighted by Gasteiger charge is 2.31. The Hall–Kier alpha value is -4.52. The van der Waals surface area contributed by atoms with Crippen molar-refractivity contribution in [2.45, 2.75) is 6.92 Å². The molecule has 34 heavy (non-hydrogen) atoms. The van der Waals surface area contributed by atoms with Gasteiger partial charge in [-0.2, -0.15) is 0 Å². The molecule has 0 aliphatic carbocycles. The molecule has 1 heterocycles. The van der Waals surface area contributed by atoms with Gasteiger partial charge in [0.25, 0.3) is 0 Å². The Bertz CT molecular complexity index is 1340. The molecule has 0 bridgehead atoms. The van der Waals surface area contributed by atoms with E-state index in [2.05, 4.69) is 0 Å². The van der Waals surface area contributed by atoms with Gasteiger partial charge in [0.05, 0.1) is 36.1 Å². The zero-order valence-electron chi connectivity index (χ0n) is 18.7. The van der Waals surface area contributed by atoms with E-state index in [1.807, 2.05) is 6.07 Å². The van der Waals surface area contributed by atoms with E-state index in [4.69, 9.17) is 9.47 Å². The third kappa shape index (κ3) is 3.99. The van der Waals surface area contributed by atoms with Crippen LogP contribution >= 0.6 is 0 Å². The summed E-state index contributed by atoms with van der Waals surface area (Å²) >= 11 is 0. The van der Waals surface area contributed by atoms with E-state index in [1.54, 1.807) is 79.7 Å². The van der Waals surface area contributed by atoms with Gasteiger partial charge in [-0.3, -0.25) is 9.36 Å². The van der Waals surface area contributed by atoms with Gasteiger partial charge < -0.3 is 19.7 Å². The minimum absolute atomic E-state index is 0.0670. The first-order chi connectivity index (χ1) is 16.5. The van der Waals surface area contributed by atoms with Crippen LogP contribution < -0.4 is 4.74 Å². The van der Waals surface area contributed by atoms with Gasteiger partial charge in [0.15, 0.2) is 5.75 Å². The number of benzene rings is 3. The van der Waals surface area contributed by atoms with Crippen molar-refractivity contribution in [3.05, 3.63) is 95.6 Å². The zero-order chi connectivity index (χ0) is 24.2. The average Bonchev–Trinajstić information content (AvgIpc) is 3.14. The Labute approximate surface area is 196 Å². The summed E-state index contributed by atoms with van der Waals surface area (Å²) in [5.74, 6) is -1.68. The SMILES string of the molecule is CCOC(=O)c1ccc(-n2c(O)c(O)c(C(=O)c3ccccc3OC)c2-c2ccccc2)cc1. The molecule has 3 aromatic carbocycles. The molecule has 4 rings (SSSR count). The number of hydrogen-bond donors (Lipinski definition) is 2. The van der Waals surface area contributed by atoms with Crippen molar-refractivity contribution in [3.63, 3.8) is 0 Å². The summed E-state index contributed by atoms with van der Waals surface area (Å²) in [5, 5.41) is 21.9. The number of rotatable bonds is 7. The van der Waals surface area contributed by atoms with Gasteiger partial charge in [-0.1, -0.05) is 42.5 Å². The third-order valence-corrected chi connectivity index (χ3v) is 5.38. The Balaban J connectivity index is 1.94. The molecule has 0 unspecified atom stereocenters. The van der Waals surface area contributed by atoms with E-state index in [1.165, 1.54) is 11.7 Å². The van der Waals surface area contributed by atoms with Gasteiger partial charge in [-0.05, 0) is 48.9 Å². The molecule has 0 aliphatic heterocycles. The number of aromatic hydroxyl groups is 2. The lowest BCUT2D eigenvalue weighted by Gasteiger charge is -2.13. The van der Waals surface area contributed by atoms with Gasteiger partial charge in [-0.25, -0.2) is 4.79 Å². The molecule has 172 valence electrons. The largest absolute Gasteiger partial charge is 0.503 e. The lowest BCUT2D eigenvalue weighted by Crippen LogP contribution is -2.07. The van der Waals surface area contributed by atoms with Gasteiger partial charge in [0.1, 0.15) is 5.75 Å². The highest BCUT2D eigenvalue weighted by Crippen LogP contribution is 2.44. The fraction of sp³-hybridized carbons (Fsp3) is 0.111. The highest BCUT2D eigenvalue weighted by molar-refractivity contribution is 6.16. The molecule has 0 radical (unpaired) electrons. The summed E-state index contributed by atoms with van der Waals surface area (Å²) in [6, 6.07) is 22.0. The van der Waals surface area contributed by atoms with Crippen LogP contribution in [0.25, 0.3) is 16.9 Å². The van der Waals surface area contributed by atoms with Crippen molar-refractivity contribution in [2.24, 2.45) is 0 Å². The van der Waals surface area contributed by atoms with E-state index < -0.39 is 23.4 Å². The number of methoxy groups -OCH3 is 1. The predicted octanol–water partition coefficient (Wildman–Crippen LogP) is 4.97. The number of aromatic nitrogens is 1. The summed E-state index contributed by atoms with van der Waals surface area (Å²) in [6.45, 7) is 1.97. The minimum atomic E-state index is -0.552. The van der Waals surface area contributed by atoms with Gasteiger partial charge in [0.2, 0.25) is 11.7 Å². The summed E-state index contributed by atoms with van der Waals surface area (Å²) < 4.78 is 11.7. The maximum absolute atomic E-state index is 13.6. The second-order valence-electron chi connectivity index (χ2n) is 7.39. The Morgan fingerprint density at radius 1 is 0.882 bits per heavy atom. The van der Waals surface area contributed by atoms with Crippen LogP contribution in [-0.4, -0.2) is 40.2 Å². The molecule has 0 aliphatic rings. The van der Waals surface area contributed by atoms with E-state index in [-0.39, 0.29) is 17.7 Å². The van der Waals surface area contributed by atoms with Crippen LogP contribution in [0.3, 0.4) is 0 Å². The van der Waals surface area contributed by atoms with Crippen molar-refractivity contribution >= 4 is 11.8 Å². The lowest BCUT2D eigenvalue weighted by molar-refractivity contribution is 0.0526. The standard InChI is InChI=1S/C27H23NO6/c1-3-34-27(32)18-13-15-19(16-14-18)28-23(17-9-5-4-6-10-17)22(25(30)26(28)31)24(29)20-11-7-8-12-21(20)33-2/h4-16,30-31H,3H2,1-2H3. The molecule has 7 heteroatoms. The fourth-order valence-corrected chi connectivity index (χ4v) is 3.81. The smallest absolute Gasteiger partial charge is 0.338 e. The predicted molar refractivity (Wildman–Crippen MR) is 127 cm³/mol. The van der Waals surface area contributed by atoms with Crippen LogP contribution in [0.2, 0.25) is 0 Å². The molecule has 0 spiro atoms. The third-order valence-electron chi connectivity index (χ3n) is 5.38. The van der Waals surface area contributed by atoms with E-state index >= 15 is 0 Å². The van der Waals surface area contributed by atoms with Crippen molar-refractivity contribution in [3.8, 4) is 34.3 Å². The minimum Gasteiger partial charge on any atom is -0.503 e. The number of hydrogen-bond acceptors (Lipinski definition) is 6. The number of para-hydroxylation sites is 1. The molecule has 0 fully saturated rings. The second kappa shape index (κ2) is 9.54. The van der Waals surface area contributed by atoms with Crippen molar-refractivity contribution < 1.29 is 29.3 Å². The van der Waals surface area contributed by atoms with Gasteiger partial charge in [-0.15, -0.1) is 0 Å². The summed E-state index contributed by atoms with van der Waals surface area (Å²) in [7, 11) is 1.46. The molecule has 4 aromatic rings. The Morgan fingerprint density at radius 3 is 2.18 bits per heavy atom.